The van der Waals surface area contributed by atoms with Crippen molar-refractivity contribution in [3.8, 4) is 5.75 Å². The molecule has 3 rings (SSSR count). The van der Waals surface area contributed by atoms with Gasteiger partial charge in [0.2, 0.25) is 0 Å². The molecule has 1 N–H and O–H groups in total. The quantitative estimate of drug-likeness (QED) is 0.555. The average Bonchev–Trinajstić information content (AvgIpc) is 2.66. The molecule has 0 amide bonds. The van der Waals surface area contributed by atoms with Crippen molar-refractivity contribution in [1.82, 2.24) is 9.76 Å². The molecular formula is C18H20BrN2O4P. The highest BCUT2D eigenvalue weighted by Gasteiger charge is 2.42. The van der Waals surface area contributed by atoms with Crippen molar-refractivity contribution in [2.75, 3.05) is 13.7 Å². The first-order valence-electron chi connectivity index (χ1n) is 8.15. The van der Waals surface area contributed by atoms with Crippen LogP contribution < -0.4 is 9.61 Å². The van der Waals surface area contributed by atoms with E-state index in [-0.39, 0.29) is 12.6 Å². The summed E-state index contributed by atoms with van der Waals surface area (Å²) in [5, 5.41) is 2.78. The fourth-order valence-corrected chi connectivity index (χ4v) is 5.30. The van der Waals surface area contributed by atoms with Gasteiger partial charge in [-0.2, -0.15) is 4.67 Å². The third-order valence-corrected chi connectivity index (χ3v) is 6.95. The molecular weight excluding hydrogens is 419 g/mol. The molecule has 0 spiro atoms. The number of hydrogen-bond donors (Lipinski definition) is 1. The van der Waals surface area contributed by atoms with Crippen molar-refractivity contribution in [3.63, 3.8) is 0 Å². The van der Waals surface area contributed by atoms with E-state index in [1.54, 1.807) is 10.7 Å². The SMILES string of the molecule is COC(=O)CNP1(=O)Oc2ccc(Br)cc2CN1C(C)c1ccccc1. The molecule has 0 aromatic heterocycles. The summed E-state index contributed by atoms with van der Waals surface area (Å²) in [6, 6.07) is 15.1. The third-order valence-electron chi connectivity index (χ3n) is 4.30. The molecule has 0 fully saturated rings. The van der Waals surface area contributed by atoms with Gasteiger partial charge in [-0.1, -0.05) is 46.3 Å². The Labute approximate surface area is 161 Å². The molecule has 26 heavy (non-hydrogen) atoms. The van der Waals surface area contributed by atoms with E-state index in [1.807, 2.05) is 49.4 Å². The van der Waals surface area contributed by atoms with Crippen LogP contribution in [-0.4, -0.2) is 24.3 Å². The number of carbonyl (C=O) groups excluding carboxylic acids is 1. The third kappa shape index (κ3) is 4.01. The molecule has 8 heteroatoms. The lowest BCUT2D eigenvalue weighted by atomic mass is 10.1. The Balaban J connectivity index is 1.96. The number of esters is 1. The summed E-state index contributed by atoms with van der Waals surface area (Å²) in [6.45, 7) is 2.20. The number of benzene rings is 2. The largest absolute Gasteiger partial charge is 0.468 e. The van der Waals surface area contributed by atoms with Crippen molar-refractivity contribution >= 4 is 29.6 Å². The van der Waals surface area contributed by atoms with Crippen molar-refractivity contribution < 1.29 is 18.6 Å². The summed E-state index contributed by atoms with van der Waals surface area (Å²) in [5.41, 5.74) is 1.93. The van der Waals surface area contributed by atoms with Crippen LogP contribution in [0.5, 0.6) is 5.75 Å². The molecule has 0 aliphatic carbocycles. The number of ether oxygens (including phenoxy) is 1. The molecule has 6 nitrogen and oxygen atoms in total. The van der Waals surface area contributed by atoms with Crippen LogP contribution in [-0.2, 0) is 20.6 Å². The first-order valence-corrected chi connectivity index (χ1v) is 10.5. The van der Waals surface area contributed by atoms with Gasteiger partial charge in [0.05, 0.1) is 7.11 Å². The van der Waals surface area contributed by atoms with Crippen molar-refractivity contribution in [2.45, 2.75) is 19.5 Å². The number of nitrogens with one attached hydrogen (secondary N) is 1. The maximum atomic E-state index is 13.6. The minimum Gasteiger partial charge on any atom is -0.468 e. The molecule has 2 aromatic rings. The smallest absolute Gasteiger partial charge is 0.394 e. The van der Waals surface area contributed by atoms with Crippen LogP contribution in [0.25, 0.3) is 0 Å². The van der Waals surface area contributed by atoms with Crippen molar-refractivity contribution in [2.24, 2.45) is 0 Å². The molecule has 1 aliphatic rings. The number of nitrogens with zero attached hydrogens (tertiary/aromatic N) is 1. The molecule has 1 heterocycles. The van der Waals surface area contributed by atoms with Crippen LogP contribution in [0, 0.1) is 0 Å². The molecule has 138 valence electrons. The van der Waals surface area contributed by atoms with E-state index in [1.165, 1.54) is 7.11 Å². The van der Waals surface area contributed by atoms with E-state index < -0.39 is 13.6 Å². The number of fused-ring (bicyclic) bond motifs is 1. The minimum atomic E-state index is -3.49. The second-order valence-electron chi connectivity index (χ2n) is 5.96. The average molecular weight is 439 g/mol. The first-order chi connectivity index (χ1) is 12.4. The van der Waals surface area contributed by atoms with Gasteiger partial charge < -0.3 is 9.26 Å². The normalized spacial score (nSPS) is 20.7. The Bertz CT molecular complexity index is 846. The van der Waals surface area contributed by atoms with Gasteiger partial charge in [0, 0.05) is 22.6 Å². The monoisotopic (exact) mass is 438 g/mol. The van der Waals surface area contributed by atoms with Crippen molar-refractivity contribution in [1.29, 1.82) is 0 Å². The molecule has 2 atom stereocenters. The van der Waals surface area contributed by atoms with E-state index in [0.717, 1.165) is 15.6 Å². The van der Waals surface area contributed by atoms with Crippen LogP contribution >= 0.6 is 23.6 Å². The highest BCUT2D eigenvalue weighted by Crippen LogP contribution is 2.56. The Hall–Kier alpha value is -1.66. The maximum absolute atomic E-state index is 13.6. The second-order valence-corrected chi connectivity index (χ2v) is 8.93. The molecule has 2 unspecified atom stereocenters. The fourth-order valence-electron chi connectivity index (χ4n) is 2.84. The molecule has 0 saturated carbocycles. The van der Waals surface area contributed by atoms with E-state index >= 15 is 0 Å². The van der Waals surface area contributed by atoms with Crippen LogP contribution in [0.2, 0.25) is 0 Å². The van der Waals surface area contributed by atoms with E-state index in [0.29, 0.717) is 12.3 Å². The van der Waals surface area contributed by atoms with Gasteiger partial charge >= 0.3 is 13.6 Å². The maximum Gasteiger partial charge on any atom is 0.394 e. The van der Waals surface area contributed by atoms with Crippen LogP contribution in [0.1, 0.15) is 24.1 Å². The standard InChI is InChI=1S/C18H20BrN2O4P/c1-13(14-6-4-3-5-7-14)21-12-15-10-16(19)8-9-17(15)25-26(21,23)20-11-18(22)24-2/h3-10,13H,11-12H2,1-2H3,(H,20,23). The van der Waals surface area contributed by atoms with Crippen LogP contribution in [0.3, 0.4) is 0 Å². The zero-order chi connectivity index (χ0) is 18.7. The highest BCUT2D eigenvalue weighted by molar-refractivity contribution is 9.10. The van der Waals surface area contributed by atoms with Gasteiger partial charge in [-0.3, -0.25) is 4.79 Å². The fraction of sp³-hybridized carbons (Fsp3) is 0.278. The summed E-state index contributed by atoms with van der Waals surface area (Å²) in [6.07, 6.45) is 0. The Morgan fingerprint density at radius 1 is 1.35 bits per heavy atom. The Morgan fingerprint density at radius 2 is 2.08 bits per heavy atom. The molecule has 1 aliphatic heterocycles. The molecule has 0 saturated heterocycles. The summed E-state index contributed by atoms with van der Waals surface area (Å²) < 4.78 is 26.8. The first kappa shape index (κ1) is 19.1. The van der Waals surface area contributed by atoms with E-state index in [9.17, 15) is 9.36 Å². The predicted molar refractivity (Wildman–Crippen MR) is 103 cm³/mol. The summed E-state index contributed by atoms with van der Waals surface area (Å²) in [4.78, 5) is 11.5. The number of carbonyl (C=O) groups is 1. The minimum absolute atomic E-state index is 0.181. The number of halogens is 1. The van der Waals surface area contributed by atoms with Gasteiger partial charge in [0.15, 0.2) is 0 Å². The highest BCUT2D eigenvalue weighted by atomic mass is 79.9. The Kier molecular flexibility index (Phi) is 5.82. The van der Waals surface area contributed by atoms with Gasteiger partial charge in [-0.05, 0) is 30.7 Å². The van der Waals surface area contributed by atoms with Gasteiger partial charge in [-0.15, -0.1) is 0 Å². The van der Waals surface area contributed by atoms with Gasteiger partial charge in [0.1, 0.15) is 12.3 Å². The summed E-state index contributed by atoms with van der Waals surface area (Å²) >= 11 is 3.46. The lowest BCUT2D eigenvalue weighted by Crippen LogP contribution is -2.37. The molecule has 0 bridgehead atoms. The second kappa shape index (κ2) is 7.92. The van der Waals surface area contributed by atoms with Crippen molar-refractivity contribution in [3.05, 3.63) is 64.1 Å². The number of hydrogen-bond acceptors (Lipinski definition) is 4. The van der Waals surface area contributed by atoms with E-state index in [4.69, 9.17) is 4.52 Å². The number of methoxy groups -OCH3 is 1. The topological polar surface area (TPSA) is 67.9 Å². The van der Waals surface area contributed by atoms with E-state index in [2.05, 4.69) is 25.8 Å². The van der Waals surface area contributed by atoms with Gasteiger partial charge in [0.25, 0.3) is 0 Å². The molecule has 2 aromatic carbocycles. The summed E-state index contributed by atoms with van der Waals surface area (Å²) in [7, 11) is -2.20. The van der Waals surface area contributed by atoms with Crippen LogP contribution in [0.4, 0.5) is 0 Å². The molecule has 0 radical (unpaired) electrons. The predicted octanol–water partition coefficient (Wildman–Crippen LogP) is 4.28. The van der Waals surface area contributed by atoms with Gasteiger partial charge in [-0.25, -0.2) is 9.65 Å². The zero-order valence-electron chi connectivity index (χ0n) is 14.5. The zero-order valence-corrected chi connectivity index (χ0v) is 17.0. The lowest BCUT2D eigenvalue weighted by Gasteiger charge is -2.39. The Morgan fingerprint density at radius 3 is 2.77 bits per heavy atom. The summed E-state index contributed by atoms with van der Waals surface area (Å²) in [5.74, 6) is 0.0446. The number of rotatable bonds is 5. The van der Waals surface area contributed by atoms with Crippen LogP contribution in [0.15, 0.2) is 53.0 Å². The lowest BCUT2D eigenvalue weighted by molar-refractivity contribution is -0.139.